The number of hydrogen-bond acceptors (Lipinski definition) is 6. The molecule has 7 nitrogen and oxygen atoms in total. The van der Waals surface area contributed by atoms with Crippen LogP contribution in [0.1, 0.15) is 24.3 Å². The van der Waals surface area contributed by atoms with Gasteiger partial charge in [-0.3, -0.25) is 4.79 Å². The molecule has 24 heavy (non-hydrogen) atoms. The number of nitrogens with one attached hydrogen (secondary N) is 1. The maximum atomic E-state index is 12.3. The molecular formula is C17H22N4O3. The predicted molar refractivity (Wildman–Crippen MR) is 93.1 cm³/mol. The Morgan fingerprint density at radius 2 is 1.83 bits per heavy atom. The number of hydrogen-bond donors (Lipinski definition) is 1. The zero-order chi connectivity index (χ0) is 17.5. The predicted octanol–water partition coefficient (Wildman–Crippen LogP) is 2.59. The first-order valence-corrected chi connectivity index (χ1v) is 7.75. The van der Waals surface area contributed by atoms with Crippen LogP contribution in [0.25, 0.3) is 0 Å². The molecule has 0 aliphatic carbocycles. The maximum Gasteiger partial charge on any atom is 0.276 e. The molecule has 0 unspecified atom stereocenters. The highest BCUT2D eigenvalue weighted by Crippen LogP contribution is 2.29. The number of anilines is 2. The van der Waals surface area contributed by atoms with Gasteiger partial charge in [0.1, 0.15) is 11.5 Å². The van der Waals surface area contributed by atoms with Crippen molar-refractivity contribution >= 4 is 17.4 Å². The molecule has 0 aliphatic rings. The molecule has 1 N–H and O–H groups in total. The lowest BCUT2D eigenvalue weighted by atomic mass is 10.2. The quantitative estimate of drug-likeness (QED) is 0.841. The molecule has 1 amide bonds. The number of rotatable bonds is 7. The van der Waals surface area contributed by atoms with Crippen molar-refractivity contribution < 1.29 is 14.3 Å². The lowest BCUT2D eigenvalue weighted by molar-refractivity contribution is 0.102. The molecule has 0 atom stereocenters. The second-order valence-electron chi connectivity index (χ2n) is 4.97. The van der Waals surface area contributed by atoms with Crippen molar-refractivity contribution in [2.45, 2.75) is 13.8 Å². The van der Waals surface area contributed by atoms with Crippen LogP contribution in [0.5, 0.6) is 11.5 Å². The van der Waals surface area contributed by atoms with E-state index >= 15 is 0 Å². The molecule has 0 spiro atoms. The van der Waals surface area contributed by atoms with Gasteiger partial charge in [-0.05, 0) is 38.1 Å². The Morgan fingerprint density at radius 3 is 2.38 bits per heavy atom. The zero-order valence-corrected chi connectivity index (χ0v) is 14.4. The number of nitrogens with zero attached hydrogens (tertiary/aromatic N) is 3. The smallest absolute Gasteiger partial charge is 0.276 e. The molecule has 1 heterocycles. The summed E-state index contributed by atoms with van der Waals surface area (Å²) in [7, 11) is 3.10. The van der Waals surface area contributed by atoms with Gasteiger partial charge in [0, 0.05) is 19.2 Å². The van der Waals surface area contributed by atoms with E-state index in [0.717, 1.165) is 18.9 Å². The van der Waals surface area contributed by atoms with Crippen LogP contribution in [-0.4, -0.2) is 43.4 Å². The van der Waals surface area contributed by atoms with E-state index in [1.807, 2.05) is 13.8 Å². The van der Waals surface area contributed by atoms with Crippen molar-refractivity contribution in [1.82, 2.24) is 10.2 Å². The maximum absolute atomic E-state index is 12.3. The SMILES string of the molecule is CCN(CC)c1ccc(C(=O)Nc2ccc(OC)cc2OC)nn1. The number of amides is 1. The van der Waals surface area contributed by atoms with E-state index in [9.17, 15) is 4.79 Å². The van der Waals surface area contributed by atoms with E-state index in [2.05, 4.69) is 20.4 Å². The third kappa shape index (κ3) is 3.92. The van der Waals surface area contributed by atoms with Gasteiger partial charge in [-0.15, -0.1) is 10.2 Å². The third-order valence-corrected chi connectivity index (χ3v) is 3.63. The van der Waals surface area contributed by atoms with Gasteiger partial charge < -0.3 is 19.7 Å². The Kier molecular flexibility index (Phi) is 5.95. The molecule has 7 heteroatoms. The van der Waals surface area contributed by atoms with Gasteiger partial charge in [0.05, 0.1) is 19.9 Å². The molecule has 2 rings (SSSR count). The largest absolute Gasteiger partial charge is 0.497 e. The summed E-state index contributed by atoms with van der Waals surface area (Å²) in [6, 6.07) is 8.61. The van der Waals surface area contributed by atoms with Crippen molar-refractivity contribution in [3.8, 4) is 11.5 Å². The molecular weight excluding hydrogens is 308 g/mol. The minimum Gasteiger partial charge on any atom is -0.497 e. The lowest BCUT2D eigenvalue weighted by Gasteiger charge is -2.18. The highest BCUT2D eigenvalue weighted by molar-refractivity contribution is 6.03. The van der Waals surface area contributed by atoms with E-state index in [1.165, 1.54) is 7.11 Å². The van der Waals surface area contributed by atoms with E-state index in [-0.39, 0.29) is 11.6 Å². The fraction of sp³-hybridized carbons (Fsp3) is 0.353. The van der Waals surface area contributed by atoms with Gasteiger partial charge in [0.15, 0.2) is 11.5 Å². The van der Waals surface area contributed by atoms with Gasteiger partial charge in [-0.1, -0.05) is 0 Å². The fourth-order valence-corrected chi connectivity index (χ4v) is 2.25. The number of carbonyl (C=O) groups excluding carboxylic acids is 1. The van der Waals surface area contributed by atoms with Crippen LogP contribution >= 0.6 is 0 Å². The van der Waals surface area contributed by atoms with Gasteiger partial charge in [0.25, 0.3) is 5.91 Å². The molecule has 0 fully saturated rings. The molecule has 1 aromatic carbocycles. The summed E-state index contributed by atoms with van der Waals surface area (Å²) in [5.41, 5.74) is 0.779. The highest BCUT2D eigenvalue weighted by atomic mass is 16.5. The minimum atomic E-state index is -0.350. The Labute approximate surface area is 141 Å². The summed E-state index contributed by atoms with van der Waals surface area (Å²) in [4.78, 5) is 14.4. The molecule has 1 aromatic heterocycles. The third-order valence-electron chi connectivity index (χ3n) is 3.63. The lowest BCUT2D eigenvalue weighted by Crippen LogP contribution is -2.24. The number of ether oxygens (including phenoxy) is 2. The second kappa shape index (κ2) is 8.14. The summed E-state index contributed by atoms with van der Waals surface area (Å²) in [5.74, 6) is 1.55. The van der Waals surface area contributed by atoms with Crippen LogP contribution in [0.15, 0.2) is 30.3 Å². The summed E-state index contributed by atoms with van der Waals surface area (Å²) in [5, 5.41) is 10.9. The number of aromatic nitrogens is 2. The number of carbonyl (C=O) groups is 1. The first-order chi connectivity index (χ1) is 11.6. The van der Waals surface area contributed by atoms with Crippen molar-refractivity contribution in [3.63, 3.8) is 0 Å². The standard InChI is InChI=1S/C17H22N4O3/c1-5-21(6-2)16-10-9-14(19-20-16)17(22)18-13-8-7-12(23-3)11-15(13)24-4/h7-11H,5-6H2,1-4H3,(H,18,22). The van der Waals surface area contributed by atoms with Crippen LogP contribution in [0.4, 0.5) is 11.5 Å². The van der Waals surface area contributed by atoms with Crippen molar-refractivity contribution in [2.75, 3.05) is 37.5 Å². The average Bonchev–Trinajstić information content (AvgIpc) is 2.63. The fourth-order valence-electron chi connectivity index (χ4n) is 2.25. The van der Waals surface area contributed by atoms with Gasteiger partial charge >= 0.3 is 0 Å². The Morgan fingerprint density at radius 1 is 1.08 bits per heavy atom. The molecule has 0 radical (unpaired) electrons. The summed E-state index contributed by atoms with van der Waals surface area (Å²) < 4.78 is 10.4. The molecule has 128 valence electrons. The molecule has 0 bridgehead atoms. The summed E-state index contributed by atoms with van der Waals surface area (Å²) >= 11 is 0. The summed E-state index contributed by atoms with van der Waals surface area (Å²) in [6.45, 7) is 5.75. The Balaban J connectivity index is 2.15. The minimum absolute atomic E-state index is 0.240. The normalized spacial score (nSPS) is 10.2. The molecule has 0 saturated carbocycles. The van der Waals surface area contributed by atoms with E-state index in [0.29, 0.717) is 17.2 Å². The first kappa shape index (κ1) is 17.5. The number of methoxy groups -OCH3 is 2. The topological polar surface area (TPSA) is 76.6 Å². The average molecular weight is 330 g/mol. The van der Waals surface area contributed by atoms with Crippen molar-refractivity contribution in [1.29, 1.82) is 0 Å². The monoisotopic (exact) mass is 330 g/mol. The highest BCUT2D eigenvalue weighted by Gasteiger charge is 2.13. The zero-order valence-electron chi connectivity index (χ0n) is 14.4. The van der Waals surface area contributed by atoms with Crippen LogP contribution in [-0.2, 0) is 0 Å². The Bertz CT molecular complexity index is 685. The summed E-state index contributed by atoms with van der Waals surface area (Å²) in [6.07, 6.45) is 0. The number of benzene rings is 1. The second-order valence-corrected chi connectivity index (χ2v) is 4.97. The van der Waals surface area contributed by atoms with Crippen LogP contribution in [0.2, 0.25) is 0 Å². The molecule has 0 aliphatic heterocycles. The Hall–Kier alpha value is -2.83. The molecule has 0 saturated heterocycles. The van der Waals surface area contributed by atoms with Crippen LogP contribution in [0.3, 0.4) is 0 Å². The van der Waals surface area contributed by atoms with Gasteiger partial charge in [0.2, 0.25) is 0 Å². The van der Waals surface area contributed by atoms with E-state index in [1.54, 1.807) is 37.4 Å². The first-order valence-electron chi connectivity index (χ1n) is 7.75. The van der Waals surface area contributed by atoms with Gasteiger partial charge in [-0.2, -0.15) is 0 Å². The van der Waals surface area contributed by atoms with Crippen LogP contribution < -0.4 is 19.7 Å². The molecule has 2 aromatic rings. The van der Waals surface area contributed by atoms with E-state index in [4.69, 9.17) is 9.47 Å². The van der Waals surface area contributed by atoms with Crippen LogP contribution in [0, 0.1) is 0 Å². The van der Waals surface area contributed by atoms with Crippen molar-refractivity contribution in [2.24, 2.45) is 0 Å². The van der Waals surface area contributed by atoms with Crippen molar-refractivity contribution in [3.05, 3.63) is 36.0 Å². The van der Waals surface area contributed by atoms with Gasteiger partial charge in [-0.25, -0.2) is 0 Å². The van der Waals surface area contributed by atoms with E-state index < -0.39 is 0 Å².